The van der Waals surface area contributed by atoms with Crippen LogP contribution in [0.4, 0.5) is 4.39 Å². The lowest BCUT2D eigenvalue weighted by atomic mass is 10.3. The summed E-state index contributed by atoms with van der Waals surface area (Å²) in [6, 6.07) is 0. The molecular formula is C9H9FN2O4. The molecule has 1 rings (SSSR count). The van der Waals surface area contributed by atoms with Crippen molar-refractivity contribution in [2.45, 2.75) is 13.5 Å². The lowest BCUT2D eigenvalue weighted by molar-refractivity contribution is -0.132. The predicted molar refractivity (Wildman–Crippen MR) is 52.7 cm³/mol. The topological polar surface area (TPSA) is 92.2 Å². The molecule has 0 aliphatic rings. The van der Waals surface area contributed by atoms with Gasteiger partial charge < -0.3 is 5.11 Å². The van der Waals surface area contributed by atoms with Gasteiger partial charge in [0.2, 0.25) is 5.82 Å². The van der Waals surface area contributed by atoms with Crippen LogP contribution in [0.1, 0.15) is 6.92 Å². The summed E-state index contributed by atoms with van der Waals surface area (Å²) in [5, 5.41) is 8.54. The first-order valence-corrected chi connectivity index (χ1v) is 4.31. The largest absolute Gasteiger partial charge is 0.478 e. The van der Waals surface area contributed by atoms with Crippen molar-refractivity contribution in [3.63, 3.8) is 0 Å². The Kier molecular flexibility index (Phi) is 3.39. The Balaban J connectivity index is 3.04. The van der Waals surface area contributed by atoms with E-state index >= 15 is 0 Å². The van der Waals surface area contributed by atoms with Gasteiger partial charge in [-0.15, -0.1) is 0 Å². The van der Waals surface area contributed by atoms with Crippen LogP contribution >= 0.6 is 0 Å². The standard InChI is InChI=1S/C9H9FN2O4/c1-5(8(14)15)2-3-12-4-6(10)7(13)11-9(12)16/h2,4H,3H2,1H3,(H,14,15)(H,11,13,16). The highest BCUT2D eigenvalue weighted by Gasteiger charge is 2.03. The number of nitrogens with zero attached hydrogens (tertiary/aromatic N) is 1. The van der Waals surface area contributed by atoms with E-state index in [9.17, 15) is 18.8 Å². The van der Waals surface area contributed by atoms with Crippen LogP contribution in [0.25, 0.3) is 0 Å². The molecular weight excluding hydrogens is 219 g/mol. The highest BCUT2D eigenvalue weighted by Crippen LogP contribution is 1.93. The number of aliphatic carboxylic acids is 1. The third-order valence-corrected chi connectivity index (χ3v) is 1.90. The number of rotatable bonds is 3. The smallest absolute Gasteiger partial charge is 0.331 e. The molecule has 1 aromatic rings. The first kappa shape index (κ1) is 11.9. The van der Waals surface area contributed by atoms with Crippen molar-refractivity contribution in [2.24, 2.45) is 0 Å². The maximum atomic E-state index is 12.8. The van der Waals surface area contributed by atoms with Crippen LogP contribution in [0.5, 0.6) is 0 Å². The molecule has 86 valence electrons. The van der Waals surface area contributed by atoms with Crippen LogP contribution in [0.15, 0.2) is 27.4 Å². The second-order valence-corrected chi connectivity index (χ2v) is 3.08. The van der Waals surface area contributed by atoms with Crippen LogP contribution in [-0.2, 0) is 11.3 Å². The van der Waals surface area contributed by atoms with Crippen molar-refractivity contribution in [3.8, 4) is 0 Å². The van der Waals surface area contributed by atoms with Crippen LogP contribution in [0.3, 0.4) is 0 Å². The Bertz CT molecular complexity index is 555. The Hall–Kier alpha value is -2.18. The van der Waals surface area contributed by atoms with E-state index in [0.29, 0.717) is 0 Å². The maximum absolute atomic E-state index is 12.8. The van der Waals surface area contributed by atoms with E-state index < -0.39 is 23.0 Å². The number of halogens is 1. The average Bonchev–Trinajstić information content (AvgIpc) is 2.20. The molecule has 0 atom stereocenters. The Morgan fingerprint density at radius 1 is 1.62 bits per heavy atom. The summed E-state index contributed by atoms with van der Waals surface area (Å²) in [5.41, 5.74) is -1.86. The van der Waals surface area contributed by atoms with Crippen LogP contribution in [-0.4, -0.2) is 20.6 Å². The average molecular weight is 228 g/mol. The van der Waals surface area contributed by atoms with Gasteiger partial charge in [-0.3, -0.25) is 14.3 Å². The molecule has 0 saturated carbocycles. The summed E-state index contributed by atoms with van der Waals surface area (Å²) in [4.78, 5) is 34.0. The van der Waals surface area contributed by atoms with Crippen molar-refractivity contribution in [3.05, 3.63) is 44.5 Å². The van der Waals surface area contributed by atoms with Crippen molar-refractivity contribution < 1.29 is 14.3 Å². The van der Waals surface area contributed by atoms with Gasteiger partial charge in [0.05, 0.1) is 6.20 Å². The van der Waals surface area contributed by atoms with Gasteiger partial charge in [0.1, 0.15) is 0 Å². The van der Waals surface area contributed by atoms with Gasteiger partial charge in [-0.1, -0.05) is 6.08 Å². The van der Waals surface area contributed by atoms with Crippen LogP contribution in [0, 0.1) is 5.82 Å². The van der Waals surface area contributed by atoms with E-state index in [1.165, 1.54) is 13.0 Å². The molecule has 0 aromatic carbocycles. The third-order valence-electron chi connectivity index (χ3n) is 1.90. The normalized spacial score (nSPS) is 11.5. The number of allylic oxidation sites excluding steroid dienone is 1. The molecule has 0 unspecified atom stereocenters. The number of nitrogens with one attached hydrogen (secondary N) is 1. The van der Waals surface area contributed by atoms with Crippen molar-refractivity contribution in [1.29, 1.82) is 0 Å². The highest BCUT2D eigenvalue weighted by atomic mass is 19.1. The molecule has 0 fully saturated rings. The monoisotopic (exact) mass is 228 g/mol. The molecule has 6 nitrogen and oxygen atoms in total. The fourth-order valence-electron chi connectivity index (χ4n) is 0.941. The fraction of sp³-hybridized carbons (Fsp3) is 0.222. The molecule has 0 saturated heterocycles. The number of hydrogen-bond acceptors (Lipinski definition) is 3. The molecule has 0 aliphatic carbocycles. The lowest BCUT2D eigenvalue weighted by Gasteiger charge is -2.01. The maximum Gasteiger partial charge on any atom is 0.331 e. The zero-order valence-corrected chi connectivity index (χ0v) is 8.36. The fourth-order valence-corrected chi connectivity index (χ4v) is 0.941. The summed E-state index contributed by atoms with van der Waals surface area (Å²) in [6.45, 7) is 1.22. The molecule has 7 heteroatoms. The second kappa shape index (κ2) is 4.56. The summed E-state index contributed by atoms with van der Waals surface area (Å²) in [6.07, 6.45) is 1.97. The minimum Gasteiger partial charge on any atom is -0.478 e. The number of hydrogen-bond donors (Lipinski definition) is 2. The van der Waals surface area contributed by atoms with E-state index in [0.717, 1.165) is 10.8 Å². The molecule has 1 heterocycles. The number of carboxylic acid groups (broad SMARTS) is 1. The van der Waals surface area contributed by atoms with Gasteiger partial charge in [0, 0.05) is 12.1 Å². The Morgan fingerprint density at radius 3 is 2.81 bits per heavy atom. The minimum atomic E-state index is -1.13. The summed E-state index contributed by atoms with van der Waals surface area (Å²) in [5.74, 6) is -2.22. The third kappa shape index (κ3) is 2.66. The van der Waals surface area contributed by atoms with Gasteiger partial charge >= 0.3 is 11.7 Å². The molecule has 0 amide bonds. The lowest BCUT2D eigenvalue weighted by Crippen LogP contribution is -2.31. The molecule has 2 N–H and O–H groups in total. The molecule has 1 aromatic heterocycles. The SMILES string of the molecule is CC(=CCn1cc(F)c(=O)[nH]c1=O)C(=O)O. The number of carboxylic acids is 1. The van der Waals surface area contributed by atoms with Crippen molar-refractivity contribution in [2.75, 3.05) is 0 Å². The van der Waals surface area contributed by atoms with Gasteiger partial charge in [-0.25, -0.2) is 9.59 Å². The Labute approximate surface area is 88.7 Å². The van der Waals surface area contributed by atoms with Gasteiger partial charge in [0.25, 0.3) is 5.56 Å². The molecule has 0 spiro atoms. The van der Waals surface area contributed by atoms with E-state index in [4.69, 9.17) is 5.11 Å². The highest BCUT2D eigenvalue weighted by molar-refractivity contribution is 5.85. The van der Waals surface area contributed by atoms with Crippen molar-refractivity contribution in [1.82, 2.24) is 9.55 Å². The van der Waals surface area contributed by atoms with Crippen LogP contribution in [0.2, 0.25) is 0 Å². The van der Waals surface area contributed by atoms with Gasteiger partial charge in [0.15, 0.2) is 0 Å². The first-order valence-electron chi connectivity index (χ1n) is 4.31. The minimum absolute atomic E-state index is 0.0264. The quantitative estimate of drug-likeness (QED) is 0.695. The summed E-state index contributed by atoms with van der Waals surface area (Å²) in [7, 11) is 0. The van der Waals surface area contributed by atoms with Gasteiger partial charge in [-0.05, 0) is 6.92 Å². The molecule has 0 bridgehead atoms. The predicted octanol–water partition coefficient (Wildman–Crippen LogP) is -0.293. The second-order valence-electron chi connectivity index (χ2n) is 3.08. The van der Waals surface area contributed by atoms with Crippen LogP contribution < -0.4 is 11.2 Å². The summed E-state index contributed by atoms with van der Waals surface area (Å²) >= 11 is 0. The molecule has 16 heavy (non-hydrogen) atoms. The van der Waals surface area contributed by atoms with E-state index in [2.05, 4.69) is 0 Å². The first-order chi connectivity index (χ1) is 7.41. The van der Waals surface area contributed by atoms with E-state index in [1.54, 1.807) is 4.98 Å². The van der Waals surface area contributed by atoms with E-state index in [1.807, 2.05) is 0 Å². The number of carbonyl (C=O) groups is 1. The number of aromatic amines is 1. The molecule has 0 aliphatic heterocycles. The number of H-pyrrole nitrogens is 1. The van der Waals surface area contributed by atoms with E-state index in [-0.39, 0.29) is 12.1 Å². The zero-order valence-electron chi connectivity index (χ0n) is 8.36. The molecule has 0 radical (unpaired) electrons. The summed E-state index contributed by atoms with van der Waals surface area (Å²) < 4.78 is 13.7. The van der Waals surface area contributed by atoms with Gasteiger partial charge in [-0.2, -0.15) is 4.39 Å². The zero-order chi connectivity index (χ0) is 12.3. The Morgan fingerprint density at radius 2 is 2.25 bits per heavy atom. The number of aromatic nitrogens is 2. The van der Waals surface area contributed by atoms with Crippen molar-refractivity contribution >= 4 is 5.97 Å².